The number of rotatable bonds is 6. The van der Waals surface area contributed by atoms with E-state index in [0.29, 0.717) is 0 Å². The molecule has 0 bridgehead atoms. The quantitative estimate of drug-likeness (QED) is 0.536. The molecule has 2 aromatic rings. The summed E-state index contributed by atoms with van der Waals surface area (Å²) in [4.78, 5) is 4.78. The van der Waals surface area contributed by atoms with Crippen molar-refractivity contribution in [2.24, 2.45) is 10.9 Å². The number of hydrogen-bond donors (Lipinski definition) is 0. The van der Waals surface area contributed by atoms with Crippen molar-refractivity contribution in [2.75, 3.05) is 12.7 Å². The first kappa shape index (κ1) is 16.4. The Morgan fingerprint density at radius 3 is 1.96 bits per heavy atom. The van der Waals surface area contributed by atoms with Gasteiger partial charge in [-0.1, -0.05) is 79.9 Å². The van der Waals surface area contributed by atoms with Crippen LogP contribution in [0.1, 0.15) is 32.1 Å². The summed E-state index contributed by atoms with van der Waals surface area (Å²) in [6.45, 7) is 0.950. The maximum absolute atomic E-state index is 4.78. The Morgan fingerprint density at radius 1 is 0.826 bits per heavy atom. The van der Waals surface area contributed by atoms with Crippen LogP contribution in [0.15, 0.2) is 65.7 Å². The Bertz CT molecular complexity index is 548. The summed E-state index contributed by atoms with van der Waals surface area (Å²) in [5.74, 6) is 0.739. The van der Waals surface area contributed by atoms with Gasteiger partial charge in [-0.15, -0.1) is 0 Å². The zero-order chi connectivity index (χ0) is 15.7. The Labute approximate surface area is 141 Å². The van der Waals surface area contributed by atoms with Gasteiger partial charge in [-0.05, 0) is 43.5 Å². The lowest BCUT2D eigenvalue weighted by Gasteiger charge is -2.19. The SMILES string of the molecule is C(=NCCP(c1ccccc1)c1ccccc1)C1CCCCC1. The van der Waals surface area contributed by atoms with Crippen molar-refractivity contribution >= 4 is 24.7 Å². The molecule has 2 aromatic carbocycles. The molecule has 0 N–H and O–H groups in total. The Morgan fingerprint density at radius 2 is 1.39 bits per heavy atom. The van der Waals surface area contributed by atoms with Crippen molar-refractivity contribution in [3.63, 3.8) is 0 Å². The summed E-state index contributed by atoms with van der Waals surface area (Å²) in [6.07, 6.45) is 10.3. The van der Waals surface area contributed by atoms with Crippen molar-refractivity contribution in [1.82, 2.24) is 0 Å². The van der Waals surface area contributed by atoms with E-state index in [0.717, 1.165) is 18.6 Å². The molecule has 1 nitrogen and oxygen atoms in total. The minimum absolute atomic E-state index is 0.294. The molecule has 0 amide bonds. The lowest BCUT2D eigenvalue weighted by Crippen LogP contribution is -2.15. The summed E-state index contributed by atoms with van der Waals surface area (Å²) in [5, 5.41) is 2.92. The summed E-state index contributed by atoms with van der Waals surface area (Å²) in [7, 11) is -0.294. The molecule has 0 heterocycles. The second kappa shape index (κ2) is 8.99. The zero-order valence-corrected chi connectivity index (χ0v) is 14.7. The second-order valence-corrected chi connectivity index (χ2v) is 8.61. The number of aliphatic imine (C=N–C) groups is 1. The molecular formula is C21H26NP. The molecule has 1 saturated carbocycles. The molecule has 0 unspecified atom stereocenters. The lowest BCUT2D eigenvalue weighted by atomic mass is 9.90. The van der Waals surface area contributed by atoms with E-state index >= 15 is 0 Å². The molecule has 3 rings (SSSR count). The van der Waals surface area contributed by atoms with E-state index in [1.54, 1.807) is 0 Å². The summed E-state index contributed by atoms with van der Waals surface area (Å²) in [5.41, 5.74) is 0. The van der Waals surface area contributed by atoms with Crippen molar-refractivity contribution in [1.29, 1.82) is 0 Å². The fourth-order valence-corrected chi connectivity index (χ4v) is 5.48. The largest absolute Gasteiger partial charge is 0.297 e. The molecule has 0 aliphatic heterocycles. The highest BCUT2D eigenvalue weighted by molar-refractivity contribution is 7.73. The summed E-state index contributed by atoms with van der Waals surface area (Å²) < 4.78 is 0. The van der Waals surface area contributed by atoms with Gasteiger partial charge < -0.3 is 0 Å². The predicted molar refractivity (Wildman–Crippen MR) is 104 cm³/mol. The maximum atomic E-state index is 4.78. The molecule has 0 spiro atoms. The second-order valence-electron chi connectivity index (χ2n) is 6.28. The van der Waals surface area contributed by atoms with Crippen molar-refractivity contribution in [2.45, 2.75) is 32.1 Å². The van der Waals surface area contributed by atoms with Crippen LogP contribution in [0.3, 0.4) is 0 Å². The zero-order valence-electron chi connectivity index (χ0n) is 13.8. The molecule has 2 heteroatoms. The van der Waals surface area contributed by atoms with Gasteiger partial charge in [0.15, 0.2) is 0 Å². The molecule has 23 heavy (non-hydrogen) atoms. The highest BCUT2D eigenvalue weighted by atomic mass is 31.1. The Balaban J connectivity index is 1.63. The van der Waals surface area contributed by atoms with E-state index in [2.05, 4.69) is 66.9 Å². The Kier molecular flexibility index (Phi) is 6.41. The molecule has 0 radical (unpaired) electrons. The average Bonchev–Trinajstić information content (AvgIpc) is 2.64. The predicted octanol–water partition coefficient (Wildman–Crippen LogP) is 4.77. The summed E-state index contributed by atoms with van der Waals surface area (Å²) in [6, 6.07) is 21.9. The number of benzene rings is 2. The average molecular weight is 323 g/mol. The molecule has 1 aliphatic carbocycles. The minimum atomic E-state index is -0.294. The van der Waals surface area contributed by atoms with E-state index in [1.165, 1.54) is 42.7 Å². The normalized spacial score (nSPS) is 16.2. The molecule has 1 fully saturated rings. The van der Waals surface area contributed by atoms with Crippen LogP contribution in [0, 0.1) is 5.92 Å². The van der Waals surface area contributed by atoms with Crippen LogP contribution in [0.5, 0.6) is 0 Å². The van der Waals surface area contributed by atoms with Crippen LogP contribution in [0.4, 0.5) is 0 Å². The molecule has 0 atom stereocenters. The van der Waals surface area contributed by atoms with Gasteiger partial charge in [0.05, 0.1) is 0 Å². The van der Waals surface area contributed by atoms with Crippen LogP contribution in [0.25, 0.3) is 0 Å². The third kappa shape index (κ3) is 5.01. The van der Waals surface area contributed by atoms with E-state index in [-0.39, 0.29) is 7.92 Å². The maximum Gasteiger partial charge on any atom is 0.0430 e. The molecule has 0 saturated heterocycles. The van der Waals surface area contributed by atoms with Gasteiger partial charge in [-0.25, -0.2) is 0 Å². The van der Waals surface area contributed by atoms with Gasteiger partial charge in [0.2, 0.25) is 0 Å². The molecule has 0 aromatic heterocycles. The first-order valence-electron chi connectivity index (χ1n) is 8.81. The van der Waals surface area contributed by atoms with Gasteiger partial charge in [0.25, 0.3) is 0 Å². The van der Waals surface area contributed by atoms with Gasteiger partial charge in [-0.3, -0.25) is 4.99 Å². The fraction of sp³-hybridized carbons (Fsp3) is 0.381. The first-order chi connectivity index (χ1) is 11.4. The van der Waals surface area contributed by atoms with E-state index < -0.39 is 0 Å². The number of nitrogens with zero attached hydrogens (tertiary/aromatic N) is 1. The molecule has 1 aliphatic rings. The summed E-state index contributed by atoms with van der Waals surface area (Å²) >= 11 is 0. The van der Waals surface area contributed by atoms with Gasteiger partial charge >= 0.3 is 0 Å². The van der Waals surface area contributed by atoms with Crippen molar-refractivity contribution in [3.8, 4) is 0 Å². The monoisotopic (exact) mass is 323 g/mol. The van der Waals surface area contributed by atoms with Crippen LogP contribution in [-0.2, 0) is 0 Å². The topological polar surface area (TPSA) is 12.4 Å². The van der Waals surface area contributed by atoms with Gasteiger partial charge in [-0.2, -0.15) is 0 Å². The van der Waals surface area contributed by atoms with Crippen LogP contribution < -0.4 is 10.6 Å². The van der Waals surface area contributed by atoms with E-state index in [4.69, 9.17) is 4.99 Å². The van der Waals surface area contributed by atoms with Gasteiger partial charge in [0, 0.05) is 12.8 Å². The van der Waals surface area contributed by atoms with Crippen molar-refractivity contribution in [3.05, 3.63) is 60.7 Å². The minimum Gasteiger partial charge on any atom is -0.297 e. The smallest absolute Gasteiger partial charge is 0.0430 e. The van der Waals surface area contributed by atoms with Crippen LogP contribution in [0.2, 0.25) is 0 Å². The lowest BCUT2D eigenvalue weighted by molar-refractivity contribution is 0.444. The highest BCUT2D eigenvalue weighted by Gasteiger charge is 2.13. The third-order valence-electron chi connectivity index (χ3n) is 4.55. The fourth-order valence-electron chi connectivity index (χ4n) is 3.29. The van der Waals surface area contributed by atoms with Crippen LogP contribution in [-0.4, -0.2) is 18.9 Å². The highest BCUT2D eigenvalue weighted by Crippen LogP contribution is 2.33. The third-order valence-corrected chi connectivity index (χ3v) is 7.04. The first-order valence-corrected chi connectivity index (χ1v) is 10.3. The van der Waals surface area contributed by atoms with E-state index in [9.17, 15) is 0 Å². The standard InChI is InChI=1S/C21H26NP/c1-4-10-19(11-5-1)18-22-16-17-23(20-12-6-2-7-13-20)21-14-8-3-9-15-21/h2-3,6-9,12-15,18-19H,1,4-5,10-11,16-17H2. The van der Waals surface area contributed by atoms with Gasteiger partial charge in [0.1, 0.15) is 0 Å². The van der Waals surface area contributed by atoms with Crippen LogP contribution >= 0.6 is 7.92 Å². The van der Waals surface area contributed by atoms with E-state index in [1.807, 2.05) is 0 Å². The molecule has 120 valence electrons. The Hall–Kier alpha value is -1.46. The number of hydrogen-bond acceptors (Lipinski definition) is 1. The molecular weight excluding hydrogens is 297 g/mol. The van der Waals surface area contributed by atoms with Crippen molar-refractivity contribution < 1.29 is 0 Å².